The predicted octanol–water partition coefficient (Wildman–Crippen LogP) is 1.67. The number of aromatic nitrogens is 5. The van der Waals surface area contributed by atoms with Crippen LogP contribution >= 0.6 is 15.9 Å². The molecule has 1 aliphatic heterocycles. The average Bonchev–Trinajstić information content (AvgIpc) is 3.38. The molecular weight excluding hydrogens is 414 g/mol. The van der Waals surface area contributed by atoms with Gasteiger partial charge in [0.15, 0.2) is 11.6 Å². The molecule has 1 saturated heterocycles. The third-order valence-electron chi connectivity index (χ3n) is 4.46. The third kappa shape index (κ3) is 4.28. The van der Waals surface area contributed by atoms with Crippen LogP contribution in [0.5, 0.6) is 0 Å². The first kappa shape index (κ1) is 17.9. The summed E-state index contributed by atoms with van der Waals surface area (Å²) < 4.78 is 8.39. The molecule has 0 atom stereocenters. The van der Waals surface area contributed by atoms with Gasteiger partial charge in [0, 0.05) is 32.4 Å². The molecule has 0 spiro atoms. The summed E-state index contributed by atoms with van der Waals surface area (Å²) in [7, 11) is 0. The molecule has 3 aromatic heterocycles. The summed E-state index contributed by atoms with van der Waals surface area (Å²) in [5, 5.41) is 11.2. The van der Waals surface area contributed by atoms with Crippen LogP contribution in [0.1, 0.15) is 28.0 Å². The molecule has 0 bridgehead atoms. The minimum absolute atomic E-state index is 0.0729. The van der Waals surface area contributed by atoms with Gasteiger partial charge in [-0.2, -0.15) is 10.2 Å². The summed E-state index contributed by atoms with van der Waals surface area (Å²) in [5.74, 6) is 2.60. The maximum atomic E-state index is 12.7. The Morgan fingerprint density at radius 1 is 1.26 bits per heavy atom. The summed E-state index contributed by atoms with van der Waals surface area (Å²) in [6.45, 7) is 5.95. The van der Waals surface area contributed by atoms with E-state index >= 15 is 0 Å². The highest BCUT2D eigenvalue weighted by Crippen LogP contribution is 2.15. The number of piperazine rings is 1. The van der Waals surface area contributed by atoms with Crippen LogP contribution in [0.2, 0.25) is 0 Å². The number of hydrogen-bond donors (Lipinski definition) is 1. The summed E-state index contributed by atoms with van der Waals surface area (Å²) >= 11 is 3.36. The van der Waals surface area contributed by atoms with Gasteiger partial charge in [-0.3, -0.25) is 19.5 Å². The molecule has 0 saturated carbocycles. The zero-order valence-corrected chi connectivity index (χ0v) is 16.5. The van der Waals surface area contributed by atoms with Gasteiger partial charge < -0.3 is 9.32 Å². The van der Waals surface area contributed by atoms with E-state index in [4.69, 9.17) is 4.42 Å². The molecule has 142 valence electrons. The predicted molar refractivity (Wildman–Crippen MR) is 100 cm³/mol. The molecule has 27 heavy (non-hydrogen) atoms. The van der Waals surface area contributed by atoms with E-state index in [2.05, 4.69) is 41.1 Å². The molecule has 10 heteroatoms. The quantitative estimate of drug-likeness (QED) is 0.657. The first-order valence-corrected chi connectivity index (χ1v) is 9.52. The molecular formula is C17H20BrN7O2. The number of hydrogen-bond acceptors (Lipinski definition) is 6. The lowest BCUT2D eigenvalue weighted by atomic mass is 10.3. The lowest BCUT2D eigenvalue weighted by Crippen LogP contribution is -2.48. The number of halogens is 1. The van der Waals surface area contributed by atoms with Crippen LogP contribution in [0.15, 0.2) is 33.4 Å². The van der Waals surface area contributed by atoms with Crippen molar-refractivity contribution in [2.24, 2.45) is 0 Å². The van der Waals surface area contributed by atoms with E-state index in [0.717, 1.165) is 29.2 Å². The van der Waals surface area contributed by atoms with Gasteiger partial charge in [0.1, 0.15) is 11.6 Å². The number of amides is 1. The standard InChI is InChI=1S/C17H20BrN7O2/c1-12-20-16(22-21-12)11-23-4-6-24(7-5-23)17(26)15-3-2-14(27-15)10-25-9-13(18)8-19-25/h2-3,8-9H,4-7,10-11H2,1H3,(H,20,21,22). The zero-order chi connectivity index (χ0) is 18.8. The smallest absolute Gasteiger partial charge is 0.289 e. The van der Waals surface area contributed by atoms with Crippen LogP contribution < -0.4 is 0 Å². The minimum Gasteiger partial charge on any atom is -0.454 e. The summed E-state index contributed by atoms with van der Waals surface area (Å²) in [4.78, 5) is 21.1. The third-order valence-corrected chi connectivity index (χ3v) is 4.87. The first-order valence-electron chi connectivity index (χ1n) is 8.73. The van der Waals surface area contributed by atoms with Gasteiger partial charge in [0.05, 0.1) is 23.8 Å². The number of aromatic amines is 1. The molecule has 0 aromatic carbocycles. The van der Waals surface area contributed by atoms with E-state index in [1.165, 1.54) is 0 Å². The second-order valence-corrected chi connectivity index (χ2v) is 7.44. The number of rotatable bonds is 5. The van der Waals surface area contributed by atoms with Crippen LogP contribution in [0.4, 0.5) is 0 Å². The van der Waals surface area contributed by atoms with Crippen LogP contribution in [0.25, 0.3) is 0 Å². The van der Waals surface area contributed by atoms with Crippen LogP contribution in [-0.2, 0) is 13.1 Å². The van der Waals surface area contributed by atoms with Gasteiger partial charge in [0.2, 0.25) is 0 Å². The normalized spacial score (nSPS) is 15.4. The molecule has 1 N–H and O–H groups in total. The van der Waals surface area contributed by atoms with Crippen molar-refractivity contribution in [3.8, 4) is 0 Å². The van der Waals surface area contributed by atoms with E-state index in [0.29, 0.717) is 37.7 Å². The van der Waals surface area contributed by atoms with Crippen molar-refractivity contribution in [3.05, 3.63) is 52.2 Å². The van der Waals surface area contributed by atoms with E-state index in [1.54, 1.807) is 16.9 Å². The van der Waals surface area contributed by atoms with E-state index < -0.39 is 0 Å². The number of carbonyl (C=O) groups excluding carboxylic acids is 1. The Morgan fingerprint density at radius 3 is 2.74 bits per heavy atom. The van der Waals surface area contributed by atoms with Crippen molar-refractivity contribution < 1.29 is 9.21 Å². The van der Waals surface area contributed by atoms with Gasteiger partial charge in [0.25, 0.3) is 5.91 Å². The van der Waals surface area contributed by atoms with E-state index in [9.17, 15) is 4.79 Å². The van der Waals surface area contributed by atoms with Gasteiger partial charge >= 0.3 is 0 Å². The van der Waals surface area contributed by atoms with Gasteiger partial charge in [-0.05, 0) is 35.0 Å². The van der Waals surface area contributed by atoms with Crippen LogP contribution in [0.3, 0.4) is 0 Å². The highest BCUT2D eigenvalue weighted by molar-refractivity contribution is 9.10. The molecule has 1 aliphatic rings. The Bertz CT molecular complexity index is 923. The Kier molecular flexibility index (Phi) is 5.08. The van der Waals surface area contributed by atoms with E-state index in [-0.39, 0.29) is 5.91 Å². The van der Waals surface area contributed by atoms with Crippen LogP contribution in [0, 0.1) is 6.92 Å². The van der Waals surface area contributed by atoms with Crippen molar-refractivity contribution in [2.75, 3.05) is 26.2 Å². The average molecular weight is 434 g/mol. The fourth-order valence-corrected chi connectivity index (χ4v) is 3.41. The molecule has 0 unspecified atom stereocenters. The number of carbonyl (C=O) groups is 1. The molecule has 0 radical (unpaired) electrons. The minimum atomic E-state index is -0.0729. The second kappa shape index (κ2) is 7.65. The van der Waals surface area contributed by atoms with E-state index in [1.807, 2.05) is 24.1 Å². The number of furan rings is 1. The highest BCUT2D eigenvalue weighted by atomic mass is 79.9. The first-order chi connectivity index (χ1) is 13.1. The van der Waals surface area contributed by atoms with Crippen molar-refractivity contribution in [2.45, 2.75) is 20.0 Å². The number of nitrogens with zero attached hydrogens (tertiary/aromatic N) is 6. The maximum absolute atomic E-state index is 12.7. The molecule has 3 aromatic rings. The lowest BCUT2D eigenvalue weighted by molar-refractivity contribution is 0.0593. The fraction of sp³-hybridized carbons (Fsp3) is 0.412. The van der Waals surface area contributed by atoms with Crippen molar-refractivity contribution in [1.82, 2.24) is 34.8 Å². The van der Waals surface area contributed by atoms with Crippen molar-refractivity contribution in [3.63, 3.8) is 0 Å². The SMILES string of the molecule is Cc1nc(CN2CCN(C(=O)c3ccc(Cn4cc(Br)cn4)o3)CC2)n[nH]1. The summed E-state index contributed by atoms with van der Waals surface area (Å²) in [6, 6.07) is 3.56. The Labute approximate surface area is 164 Å². The Hall–Kier alpha value is -2.46. The topological polar surface area (TPSA) is 96.1 Å². The maximum Gasteiger partial charge on any atom is 0.289 e. The second-order valence-electron chi connectivity index (χ2n) is 6.53. The van der Waals surface area contributed by atoms with Crippen molar-refractivity contribution >= 4 is 21.8 Å². The summed E-state index contributed by atoms with van der Waals surface area (Å²) in [5.41, 5.74) is 0. The number of nitrogens with one attached hydrogen (secondary N) is 1. The monoisotopic (exact) mass is 433 g/mol. The largest absolute Gasteiger partial charge is 0.454 e. The highest BCUT2D eigenvalue weighted by Gasteiger charge is 2.25. The van der Waals surface area contributed by atoms with Gasteiger partial charge in [-0.1, -0.05) is 0 Å². The Balaban J connectivity index is 1.31. The van der Waals surface area contributed by atoms with Gasteiger partial charge in [-0.15, -0.1) is 0 Å². The summed E-state index contributed by atoms with van der Waals surface area (Å²) in [6.07, 6.45) is 3.58. The zero-order valence-electron chi connectivity index (χ0n) is 14.9. The van der Waals surface area contributed by atoms with Gasteiger partial charge in [-0.25, -0.2) is 4.98 Å². The molecule has 4 rings (SSSR count). The molecule has 0 aliphatic carbocycles. The van der Waals surface area contributed by atoms with Crippen molar-refractivity contribution in [1.29, 1.82) is 0 Å². The fourth-order valence-electron chi connectivity index (χ4n) is 3.09. The molecule has 1 fully saturated rings. The number of aryl methyl sites for hydroxylation is 1. The molecule has 4 heterocycles. The Morgan fingerprint density at radius 2 is 2.07 bits per heavy atom. The molecule has 1 amide bonds. The lowest BCUT2D eigenvalue weighted by Gasteiger charge is -2.33. The van der Waals surface area contributed by atoms with Crippen LogP contribution in [-0.4, -0.2) is 66.8 Å². The molecule has 9 nitrogen and oxygen atoms in total. The number of H-pyrrole nitrogens is 1.